The number of rotatable bonds is 6. The number of aldehydes is 1. The van der Waals surface area contributed by atoms with Crippen LogP contribution < -0.4 is 5.73 Å². The van der Waals surface area contributed by atoms with Gasteiger partial charge in [-0.2, -0.15) is 5.10 Å². The number of nitrogens with zero attached hydrogens (tertiary/aromatic N) is 2. The summed E-state index contributed by atoms with van der Waals surface area (Å²) in [6, 6.07) is 7.23. The molecule has 0 spiro atoms. The Morgan fingerprint density at radius 2 is 2.00 bits per heavy atom. The predicted molar refractivity (Wildman–Crippen MR) is 82.0 cm³/mol. The van der Waals surface area contributed by atoms with Crippen molar-refractivity contribution in [1.29, 1.82) is 0 Å². The molecular weight excluding hydrogens is 274 g/mol. The molecule has 1 heterocycles. The van der Waals surface area contributed by atoms with Crippen molar-refractivity contribution in [1.82, 2.24) is 9.78 Å². The second-order valence-electron chi connectivity index (χ2n) is 4.70. The van der Waals surface area contributed by atoms with E-state index in [9.17, 15) is 4.79 Å². The molecule has 0 aliphatic carbocycles. The number of carbonyl (C=O) groups is 1. The Morgan fingerprint density at radius 3 is 2.60 bits per heavy atom. The van der Waals surface area contributed by atoms with Crippen molar-refractivity contribution >= 4 is 23.7 Å². The summed E-state index contributed by atoms with van der Waals surface area (Å²) in [5, 5.41) is 5.12. The zero-order chi connectivity index (χ0) is 14.5. The second-order valence-corrected chi connectivity index (χ2v) is 5.14. The summed E-state index contributed by atoms with van der Waals surface area (Å²) in [5.74, 6) is 0.432. The summed E-state index contributed by atoms with van der Waals surface area (Å²) in [4.78, 5) is 11.3. The van der Waals surface area contributed by atoms with Gasteiger partial charge < -0.3 is 5.73 Å². The van der Waals surface area contributed by atoms with Crippen LogP contribution in [0.5, 0.6) is 0 Å². The molecular formula is C15H18ClN3O. The Labute approximate surface area is 123 Å². The van der Waals surface area contributed by atoms with Gasteiger partial charge in [-0.15, -0.1) is 0 Å². The van der Waals surface area contributed by atoms with Crippen molar-refractivity contribution in [3.8, 4) is 11.3 Å². The van der Waals surface area contributed by atoms with Crippen LogP contribution in [0.15, 0.2) is 24.3 Å². The summed E-state index contributed by atoms with van der Waals surface area (Å²) in [7, 11) is 0. The lowest BCUT2D eigenvalue weighted by Gasteiger charge is -2.02. The van der Waals surface area contributed by atoms with Crippen molar-refractivity contribution in [2.75, 3.05) is 5.73 Å². The van der Waals surface area contributed by atoms with E-state index in [0.29, 0.717) is 22.1 Å². The van der Waals surface area contributed by atoms with Gasteiger partial charge in [0.1, 0.15) is 11.5 Å². The van der Waals surface area contributed by atoms with Crippen LogP contribution in [0.1, 0.15) is 36.5 Å². The largest absolute Gasteiger partial charge is 0.383 e. The minimum Gasteiger partial charge on any atom is -0.383 e. The fraction of sp³-hybridized carbons (Fsp3) is 0.333. The van der Waals surface area contributed by atoms with Gasteiger partial charge in [-0.05, 0) is 18.6 Å². The molecule has 0 saturated heterocycles. The van der Waals surface area contributed by atoms with Gasteiger partial charge in [-0.25, -0.2) is 4.68 Å². The molecule has 5 heteroatoms. The summed E-state index contributed by atoms with van der Waals surface area (Å²) < 4.78 is 1.71. The summed E-state index contributed by atoms with van der Waals surface area (Å²) >= 11 is 5.87. The summed E-state index contributed by atoms with van der Waals surface area (Å²) in [6.07, 6.45) is 4.01. The SMILES string of the molecule is CCCCCn1nc(-c2ccc(Cl)cc2)c(C=O)c1N. The molecule has 0 fully saturated rings. The average Bonchev–Trinajstić information content (AvgIpc) is 2.77. The Morgan fingerprint density at radius 1 is 1.30 bits per heavy atom. The highest BCUT2D eigenvalue weighted by molar-refractivity contribution is 6.30. The number of carbonyl (C=O) groups excluding carboxylic acids is 1. The van der Waals surface area contributed by atoms with Gasteiger partial charge in [-0.3, -0.25) is 4.79 Å². The van der Waals surface area contributed by atoms with Crippen molar-refractivity contribution in [2.24, 2.45) is 0 Å². The molecule has 0 unspecified atom stereocenters. The third-order valence-corrected chi connectivity index (χ3v) is 3.49. The highest BCUT2D eigenvalue weighted by Gasteiger charge is 2.16. The molecule has 0 atom stereocenters. The minimum atomic E-state index is 0.432. The van der Waals surface area contributed by atoms with Crippen LogP contribution in [-0.4, -0.2) is 16.1 Å². The van der Waals surface area contributed by atoms with Gasteiger partial charge in [0.25, 0.3) is 0 Å². The Hall–Kier alpha value is -1.81. The van der Waals surface area contributed by atoms with E-state index >= 15 is 0 Å². The van der Waals surface area contributed by atoms with Crippen molar-refractivity contribution in [2.45, 2.75) is 32.7 Å². The zero-order valence-electron chi connectivity index (χ0n) is 11.5. The topological polar surface area (TPSA) is 60.9 Å². The maximum absolute atomic E-state index is 11.3. The number of unbranched alkanes of at least 4 members (excludes halogenated alkanes) is 2. The number of hydrogen-bond donors (Lipinski definition) is 1. The lowest BCUT2D eigenvalue weighted by molar-refractivity contribution is 0.112. The number of benzene rings is 1. The molecule has 0 radical (unpaired) electrons. The molecule has 0 amide bonds. The molecule has 2 aromatic rings. The van der Waals surface area contributed by atoms with Crippen molar-refractivity contribution < 1.29 is 4.79 Å². The summed E-state index contributed by atoms with van der Waals surface area (Å²) in [5.41, 5.74) is 7.92. The Balaban J connectivity index is 2.35. The van der Waals surface area contributed by atoms with Gasteiger partial charge >= 0.3 is 0 Å². The molecule has 1 aromatic carbocycles. The van der Waals surface area contributed by atoms with Crippen LogP contribution >= 0.6 is 11.6 Å². The van der Waals surface area contributed by atoms with Gasteiger partial charge in [0.05, 0.1) is 5.56 Å². The molecule has 0 aliphatic rings. The van der Waals surface area contributed by atoms with Gasteiger partial charge in [-0.1, -0.05) is 43.5 Å². The second kappa shape index (κ2) is 6.57. The molecule has 2 rings (SSSR count). The Bertz CT molecular complexity index is 590. The Kier molecular flexibility index (Phi) is 4.79. The average molecular weight is 292 g/mol. The number of nitrogen functional groups attached to an aromatic ring is 1. The molecule has 0 bridgehead atoms. The van der Waals surface area contributed by atoms with Crippen LogP contribution in [0.3, 0.4) is 0 Å². The molecule has 1 aromatic heterocycles. The van der Waals surface area contributed by atoms with E-state index in [1.54, 1.807) is 16.8 Å². The monoisotopic (exact) mass is 291 g/mol. The van der Waals surface area contributed by atoms with Gasteiger partial charge in [0, 0.05) is 17.1 Å². The van der Waals surface area contributed by atoms with E-state index in [4.69, 9.17) is 17.3 Å². The van der Waals surface area contributed by atoms with Gasteiger partial charge in [0.2, 0.25) is 0 Å². The molecule has 0 aliphatic heterocycles. The van der Waals surface area contributed by atoms with Crippen molar-refractivity contribution in [3.05, 3.63) is 34.9 Å². The molecule has 2 N–H and O–H groups in total. The van der Waals surface area contributed by atoms with Crippen molar-refractivity contribution in [3.63, 3.8) is 0 Å². The van der Waals surface area contributed by atoms with Crippen LogP contribution in [-0.2, 0) is 6.54 Å². The van der Waals surface area contributed by atoms with Crippen LogP contribution in [0.4, 0.5) is 5.82 Å². The minimum absolute atomic E-state index is 0.432. The first-order valence-electron chi connectivity index (χ1n) is 6.74. The predicted octanol–water partition coefficient (Wildman–Crippen LogP) is 3.79. The fourth-order valence-electron chi connectivity index (χ4n) is 2.11. The first-order chi connectivity index (χ1) is 9.67. The lowest BCUT2D eigenvalue weighted by atomic mass is 10.1. The van der Waals surface area contributed by atoms with Crippen LogP contribution in [0.2, 0.25) is 5.02 Å². The number of anilines is 1. The maximum atomic E-state index is 11.3. The molecule has 4 nitrogen and oxygen atoms in total. The maximum Gasteiger partial charge on any atom is 0.156 e. The quantitative estimate of drug-likeness (QED) is 0.650. The van der Waals surface area contributed by atoms with E-state index in [-0.39, 0.29) is 0 Å². The molecule has 0 saturated carbocycles. The highest BCUT2D eigenvalue weighted by atomic mass is 35.5. The first-order valence-corrected chi connectivity index (χ1v) is 7.12. The zero-order valence-corrected chi connectivity index (χ0v) is 12.2. The number of aromatic nitrogens is 2. The normalized spacial score (nSPS) is 10.7. The van der Waals surface area contributed by atoms with E-state index < -0.39 is 0 Å². The smallest absolute Gasteiger partial charge is 0.156 e. The number of aryl methyl sites for hydroxylation is 1. The molecule has 20 heavy (non-hydrogen) atoms. The third kappa shape index (κ3) is 3.02. The number of halogens is 1. The van der Waals surface area contributed by atoms with E-state index in [1.807, 2.05) is 12.1 Å². The number of nitrogens with two attached hydrogens (primary N) is 1. The fourth-order valence-corrected chi connectivity index (χ4v) is 2.23. The third-order valence-electron chi connectivity index (χ3n) is 3.24. The van der Waals surface area contributed by atoms with E-state index in [2.05, 4.69) is 12.0 Å². The number of hydrogen-bond acceptors (Lipinski definition) is 3. The van der Waals surface area contributed by atoms with Gasteiger partial charge in [0.15, 0.2) is 6.29 Å². The van der Waals surface area contributed by atoms with E-state index in [1.165, 1.54) is 0 Å². The summed E-state index contributed by atoms with van der Waals surface area (Å²) in [6.45, 7) is 2.87. The standard InChI is InChI=1S/C15H18ClN3O/c1-2-3-4-9-19-15(17)13(10-20)14(18-19)11-5-7-12(16)8-6-11/h5-8,10H,2-4,9,17H2,1H3. The van der Waals surface area contributed by atoms with E-state index in [0.717, 1.165) is 37.7 Å². The highest BCUT2D eigenvalue weighted by Crippen LogP contribution is 2.27. The first kappa shape index (κ1) is 14.6. The van der Waals surface area contributed by atoms with Crippen LogP contribution in [0.25, 0.3) is 11.3 Å². The lowest BCUT2D eigenvalue weighted by Crippen LogP contribution is -2.05. The molecule has 106 valence electrons. The van der Waals surface area contributed by atoms with Crippen LogP contribution in [0, 0.1) is 0 Å².